The van der Waals surface area contributed by atoms with Crippen LogP contribution in [0.4, 0.5) is 0 Å². The van der Waals surface area contributed by atoms with E-state index in [0.717, 1.165) is 41.1 Å². The number of nitrogens with one attached hydrogen (secondary N) is 1. The van der Waals surface area contributed by atoms with Gasteiger partial charge in [0.15, 0.2) is 10.6 Å². The maximum absolute atomic E-state index is 13.3. The average Bonchev–Trinajstić information content (AvgIpc) is 3.13. The highest BCUT2D eigenvalue weighted by Crippen LogP contribution is 2.33. The van der Waals surface area contributed by atoms with Gasteiger partial charge >= 0.3 is 10.7 Å². The summed E-state index contributed by atoms with van der Waals surface area (Å²) in [6.45, 7) is 6.33. The standard InChI is InChI=1S/C23H24N2O2S2/c1-3-13-25-22(27)20-17-7-5-6-8-19(17)29-21(20)24-23(25)28-14-18(26)16-11-9-15(4-2)10-12-16/h3,9-12H,1,4-8,13-14H2,2H3/p+1. The van der Waals surface area contributed by atoms with Gasteiger partial charge in [-0.15, -0.1) is 0 Å². The highest BCUT2D eigenvalue weighted by Gasteiger charge is 2.26. The molecule has 0 spiro atoms. The fraction of sp³-hybridized carbons (Fsp3) is 0.348. The first-order valence-electron chi connectivity index (χ1n) is 10.1. The van der Waals surface area contributed by atoms with Crippen molar-refractivity contribution in [1.29, 1.82) is 0 Å². The van der Waals surface area contributed by atoms with E-state index in [-0.39, 0.29) is 17.1 Å². The maximum atomic E-state index is 13.3. The predicted octanol–water partition coefficient (Wildman–Crippen LogP) is 4.48. The Morgan fingerprint density at radius 2 is 2.03 bits per heavy atom. The number of rotatable bonds is 7. The van der Waals surface area contributed by atoms with E-state index in [1.54, 1.807) is 22.0 Å². The SMILES string of the molecule is C=CCn1c(SCC(=O)c2ccc(CC)cc2)[nH+]c2sc3c(c2c1=O)CCCC3. The van der Waals surface area contributed by atoms with Gasteiger partial charge in [-0.25, -0.2) is 9.78 Å². The van der Waals surface area contributed by atoms with E-state index in [1.165, 1.54) is 34.2 Å². The second-order valence-corrected chi connectivity index (χ2v) is 9.38. The Labute approximate surface area is 178 Å². The number of hydrogen-bond acceptors (Lipinski definition) is 4. The zero-order valence-corrected chi connectivity index (χ0v) is 18.3. The number of allylic oxidation sites excluding steroid dienone is 1. The summed E-state index contributed by atoms with van der Waals surface area (Å²) < 4.78 is 1.72. The Kier molecular flexibility index (Phi) is 6.01. The first-order valence-corrected chi connectivity index (χ1v) is 11.9. The van der Waals surface area contributed by atoms with Gasteiger partial charge in [0.05, 0.1) is 5.75 Å². The van der Waals surface area contributed by atoms with E-state index in [2.05, 4.69) is 18.5 Å². The Balaban J connectivity index is 1.65. The number of carbonyl (C=O) groups excluding carboxylic acids is 1. The summed E-state index contributed by atoms with van der Waals surface area (Å²) in [4.78, 5) is 31.6. The fourth-order valence-electron chi connectivity index (χ4n) is 3.82. The molecule has 1 aromatic carbocycles. The number of ketones is 1. The van der Waals surface area contributed by atoms with E-state index in [1.807, 2.05) is 24.3 Å². The number of carbonyl (C=O) groups is 1. The van der Waals surface area contributed by atoms with E-state index in [9.17, 15) is 9.59 Å². The van der Waals surface area contributed by atoms with Crippen LogP contribution in [0, 0.1) is 0 Å². The zero-order chi connectivity index (χ0) is 20.4. The van der Waals surface area contributed by atoms with Gasteiger partial charge in [0, 0.05) is 10.4 Å². The van der Waals surface area contributed by atoms with Crippen molar-refractivity contribution < 1.29 is 9.78 Å². The van der Waals surface area contributed by atoms with Crippen molar-refractivity contribution >= 4 is 39.1 Å². The number of H-pyrrole nitrogens is 1. The average molecular weight is 426 g/mol. The lowest BCUT2D eigenvalue weighted by Gasteiger charge is -2.09. The van der Waals surface area contributed by atoms with Gasteiger partial charge in [-0.3, -0.25) is 4.79 Å². The van der Waals surface area contributed by atoms with Crippen molar-refractivity contribution in [3.05, 3.63) is 68.8 Å². The molecule has 4 nitrogen and oxygen atoms in total. The van der Waals surface area contributed by atoms with E-state index < -0.39 is 0 Å². The van der Waals surface area contributed by atoms with Crippen molar-refractivity contribution in [2.45, 2.75) is 50.7 Å². The molecular weight excluding hydrogens is 400 g/mol. The molecule has 1 aliphatic rings. The minimum Gasteiger partial charge on any atom is -0.293 e. The van der Waals surface area contributed by atoms with Crippen molar-refractivity contribution in [1.82, 2.24) is 4.57 Å². The van der Waals surface area contributed by atoms with Gasteiger partial charge < -0.3 is 0 Å². The van der Waals surface area contributed by atoms with Gasteiger partial charge in [0.25, 0.3) is 0 Å². The summed E-state index contributed by atoms with van der Waals surface area (Å²) in [7, 11) is 0. The molecule has 0 bridgehead atoms. The molecule has 0 atom stereocenters. The van der Waals surface area contributed by atoms with Crippen LogP contribution in [0.1, 0.15) is 46.1 Å². The Bertz CT molecular complexity index is 1130. The van der Waals surface area contributed by atoms with Gasteiger partial charge in [-0.2, -0.15) is 4.57 Å². The molecule has 2 aromatic heterocycles. The number of fused-ring (bicyclic) bond motifs is 3. The van der Waals surface area contributed by atoms with Gasteiger partial charge in [0.1, 0.15) is 11.9 Å². The molecule has 0 aliphatic heterocycles. The summed E-state index contributed by atoms with van der Waals surface area (Å²) in [6, 6.07) is 7.78. The van der Waals surface area contributed by atoms with Crippen LogP contribution in [-0.4, -0.2) is 16.1 Å². The summed E-state index contributed by atoms with van der Waals surface area (Å²) in [5.41, 5.74) is 3.17. The molecular formula is C23H25N2O2S2+. The molecule has 29 heavy (non-hydrogen) atoms. The molecule has 2 heterocycles. The number of aromatic amines is 1. The number of benzene rings is 1. The number of aromatic nitrogens is 2. The van der Waals surface area contributed by atoms with Crippen LogP contribution in [0.15, 0.2) is 46.9 Å². The highest BCUT2D eigenvalue weighted by atomic mass is 32.2. The van der Waals surface area contributed by atoms with Crippen molar-refractivity contribution in [3.8, 4) is 0 Å². The van der Waals surface area contributed by atoms with E-state index in [0.29, 0.717) is 12.1 Å². The van der Waals surface area contributed by atoms with Crippen LogP contribution in [-0.2, 0) is 25.8 Å². The quantitative estimate of drug-likeness (QED) is 0.243. The molecule has 3 aromatic rings. The van der Waals surface area contributed by atoms with Crippen LogP contribution in [0.3, 0.4) is 0 Å². The van der Waals surface area contributed by atoms with Crippen LogP contribution >= 0.6 is 23.1 Å². The van der Waals surface area contributed by atoms with Crippen molar-refractivity contribution in [3.63, 3.8) is 0 Å². The molecule has 0 saturated carbocycles. The molecule has 1 N–H and O–H groups in total. The third kappa shape index (κ3) is 3.96. The predicted molar refractivity (Wildman–Crippen MR) is 120 cm³/mol. The molecule has 0 saturated heterocycles. The van der Waals surface area contributed by atoms with Crippen LogP contribution in [0.25, 0.3) is 10.2 Å². The maximum Gasteiger partial charge on any atom is 0.347 e. The van der Waals surface area contributed by atoms with Gasteiger partial charge in [0.2, 0.25) is 0 Å². The number of nitrogens with zero attached hydrogens (tertiary/aromatic N) is 1. The minimum absolute atomic E-state index is 0.0281. The molecule has 150 valence electrons. The lowest BCUT2D eigenvalue weighted by molar-refractivity contribution is -0.404. The van der Waals surface area contributed by atoms with Crippen molar-refractivity contribution in [2.24, 2.45) is 0 Å². The van der Waals surface area contributed by atoms with Crippen LogP contribution in [0.2, 0.25) is 0 Å². The Hall–Kier alpha value is -2.18. The minimum atomic E-state index is 0.0281. The highest BCUT2D eigenvalue weighted by molar-refractivity contribution is 7.99. The third-order valence-corrected chi connectivity index (χ3v) is 7.64. The second kappa shape index (κ2) is 8.67. The Morgan fingerprint density at radius 3 is 2.76 bits per heavy atom. The van der Waals surface area contributed by atoms with E-state index >= 15 is 0 Å². The molecule has 0 radical (unpaired) electrons. The molecule has 1 aliphatic carbocycles. The summed E-state index contributed by atoms with van der Waals surface area (Å²) in [5, 5.41) is 1.55. The number of thioether (sulfide) groups is 1. The van der Waals surface area contributed by atoms with E-state index in [4.69, 9.17) is 0 Å². The largest absolute Gasteiger partial charge is 0.347 e. The molecule has 0 fully saturated rings. The lowest BCUT2D eigenvalue weighted by atomic mass is 9.97. The third-order valence-electron chi connectivity index (χ3n) is 5.43. The molecule has 6 heteroatoms. The first kappa shape index (κ1) is 20.1. The smallest absolute Gasteiger partial charge is 0.293 e. The monoisotopic (exact) mass is 425 g/mol. The summed E-state index contributed by atoms with van der Waals surface area (Å²) in [5.74, 6) is 0.351. The second-order valence-electron chi connectivity index (χ2n) is 7.31. The first-order chi connectivity index (χ1) is 14.1. The topological polar surface area (TPSA) is 53.2 Å². The lowest BCUT2D eigenvalue weighted by Crippen LogP contribution is -2.30. The number of aryl methyl sites for hydroxylation is 3. The van der Waals surface area contributed by atoms with Gasteiger partial charge in [-0.05, 0) is 55.0 Å². The molecule has 0 unspecified atom stereocenters. The van der Waals surface area contributed by atoms with Crippen molar-refractivity contribution in [2.75, 3.05) is 5.75 Å². The zero-order valence-electron chi connectivity index (χ0n) is 16.6. The van der Waals surface area contributed by atoms with Crippen LogP contribution < -0.4 is 10.5 Å². The number of Topliss-reactive ketones (excluding diaryl/α,β-unsaturated/α-hetero) is 1. The van der Waals surface area contributed by atoms with Crippen LogP contribution in [0.5, 0.6) is 0 Å². The normalized spacial score (nSPS) is 13.4. The number of thiophene rings is 1. The molecule has 4 rings (SSSR count). The summed E-state index contributed by atoms with van der Waals surface area (Å²) >= 11 is 3.09. The van der Waals surface area contributed by atoms with Gasteiger partial charge in [-0.1, -0.05) is 55.2 Å². The summed E-state index contributed by atoms with van der Waals surface area (Å²) in [6.07, 6.45) is 7.05. The Morgan fingerprint density at radius 1 is 1.28 bits per heavy atom. The fourth-order valence-corrected chi connectivity index (χ4v) is 6.09. The number of hydrogen-bond donors (Lipinski definition) is 0. The molecule has 0 amide bonds.